The molecule has 0 heterocycles. The molecule has 0 aromatic heterocycles. The fraction of sp³-hybridized carbons (Fsp3) is 0.286. The Morgan fingerprint density at radius 2 is 1.78 bits per heavy atom. The summed E-state index contributed by atoms with van der Waals surface area (Å²) >= 11 is 0. The number of rotatable bonds is 2. The molecule has 1 rings (SSSR count). The molecule has 0 spiro atoms. The van der Waals surface area contributed by atoms with Crippen molar-refractivity contribution >= 4 is 18.1 Å². The van der Waals surface area contributed by atoms with Gasteiger partial charge in [0.2, 0.25) is 0 Å². The van der Waals surface area contributed by atoms with E-state index in [2.05, 4.69) is 28.5 Å². The van der Waals surface area contributed by atoms with E-state index in [-0.39, 0.29) is 80.3 Å². The first-order valence-corrected chi connectivity index (χ1v) is 4.09. The van der Waals surface area contributed by atoms with Crippen molar-refractivity contribution in [1.82, 2.24) is 0 Å². The van der Waals surface area contributed by atoms with E-state index < -0.39 is 0 Å². The van der Waals surface area contributed by atoms with Crippen molar-refractivity contribution in [2.24, 2.45) is 9.98 Å². The summed E-state index contributed by atoms with van der Waals surface area (Å²) in [7, 11) is 0. The zero-order valence-electron chi connectivity index (χ0n) is 9.51. The van der Waals surface area contributed by atoms with Crippen LogP contribution in [0.5, 0.6) is 0 Å². The van der Waals surface area contributed by atoms with E-state index in [4.69, 9.17) is 6.58 Å². The SMILES string of the molecule is C.C.C[C-]=Nc1[c-]cccc1.[CH-]=CN=[C-]C.[Y].[Y]. The second kappa shape index (κ2) is 26.1. The van der Waals surface area contributed by atoms with Crippen LogP contribution in [0.15, 0.2) is 40.5 Å². The normalized spacial score (nSPS) is 7.67. The van der Waals surface area contributed by atoms with Crippen LogP contribution in [-0.4, -0.2) is 12.4 Å². The molecule has 96 valence electrons. The topological polar surface area (TPSA) is 24.7 Å². The van der Waals surface area contributed by atoms with Crippen LogP contribution in [0.1, 0.15) is 28.7 Å². The van der Waals surface area contributed by atoms with Crippen LogP contribution >= 0.6 is 0 Å². The molecule has 4 heteroatoms. The van der Waals surface area contributed by atoms with Gasteiger partial charge in [0.25, 0.3) is 0 Å². The van der Waals surface area contributed by atoms with Gasteiger partial charge in [-0.25, -0.2) is 11.8 Å². The maximum absolute atomic E-state index is 4.78. The molecule has 0 amide bonds. The average molecular weight is 394 g/mol. The molecule has 2 nitrogen and oxygen atoms in total. The van der Waals surface area contributed by atoms with Crippen LogP contribution in [-0.2, 0) is 65.4 Å². The Kier molecular flexibility index (Phi) is 45.2. The van der Waals surface area contributed by atoms with Crippen molar-refractivity contribution in [3.63, 3.8) is 0 Å². The molecular weight excluding hydrogens is 374 g/mol. The Balaban J connectivity index is -0.0000000567. The quantitative estimate of drug-likeness (QED) is 0.529. The third kappa shape index (κ3) is 21.8. The molecule has 0 saturated heterocycles. The smallest absolute Gasteiger partial charge is 0 e. The summed E-state index contributed by atoms with van der Waals surface area (Å²) in [6.45, 7) is 8.23. The monoisotopic (exact) mass is 394 g/mol. The molecule has 0 atom stereocenters. The van der Waals surface area contributed by atoms with Gasteiger partial charge in [0, 0.05) is 65.4 Å². The predicted octanol–water partition coefficient (Wildman–Crippen LogP) is 4.25. The van der Waals surface area contributed by atoms with Crippen LogP contribution in [0, 0.1) is 12.6 Å². The van der Waals surface area contributed by atoms with Gasteiger partial charge in [-0.15, -0.1) is 13.8 Å². The van der Waals surface area contributed by atoms with Crippen LogP contribution in [0.2, 0.25) is 0 Å². The van der Waals surface area contributed by atoms with Crippen LogP contribution in [0.25, 0.3) is 0 Å². The Labute approximate surface area is 163 Å². The number of para-hydroxylation sites is 1. The van der Waals surface area contributed by atoms with Crippen molar-refractivity contribution in [1.29, 1.82) is 0 Å². The van der Waals surface area contributed by atoms with Gasteiger partial charge in [-0.1, -0.05) is 14.9 Å². The van der Waals surface area contributed by atoms with E-state index >= 15 is 0 Å². The van der Waals surface area contributed by atoms with E-state index in [0.29, 0.717) is 0 Å². The molecule has 18 heavy (non-hydrogen) atoms. The summed E-state index contributed by atoms with van der Waals surface area (Å²) in [6.07, 6.45) is 6.33. The zero-order valence-corrected chi connectivity index (χ0v) is 15.2. The molecule has 0 N–H and O–H groups in total. The zero-order chi connectivity index (χ0) is 10.6. The van der Waals surface area contributed by atoms with E-state index in [0.717, 1.165) is 5.69 Å². The number of benzene rings is 1. The fourth-order valence-corrected chi connectivity index (χ4v) is 0.648. The molecular formula is C14H20N2Y2-4. The molecule has 0 unspecified atom stereocenters. The summed E-state index contributed by atoms with van der Waals surface area (Å²) in [6, 6.07) is 10.5. The minimum atomic E-state index is 0. The summed E-state index contributed by atoms with van der Waals surface area (Å²) in [5.74, 6) is 0. The third-order valence-electron chi connectivity index (χ3n) is 1.13. The number of nitrogens with zero attached hydrogens (tertiary/aromatic N) is 2. The molecule has 0 aliphatic rings. The first-order chi connectivity index (χ1) is 6.85. The van der Waals surface area contributed by atoms with Gasteiger partial charge < -0.3 is 22.8 Å². The molecule has 2 radical (unpaired) electrons. The molecule has 0 aliphatic heterocycles. The summed E-state index contributed by atoms with van der Waals surface area (Å²) in [4.78, 5) is 7.28. The van der Waals surface area contributed by atoms with Gasteiger partial charge in [0.15, 0.2) is 0 Å². The van der Waals surface area contributed by atoms with Crippen LogP contribution in [0.4, 0.5) is 5.69 Å². The van der Waals surface area contributed by atoms with Crippen molar-refractivity contribution in [2.45, 2.75) is 28.7 Å². The van der Waals surface area contributed by atoms with E-state index in [1.54, 1.807) is 13.8 Å². The fourth-order valence-electron chi connectivity index (χ4n) is 0.648. The van der Waals surface area contributed by atoms with E-state index in [1.807, 2.05) is 24.3 Å². The van der Waals surface area contributed by atoms with Gasteiger partial charge >= 0.3 is 0 Å². The first kappa shape index (κ1) is 31.1. The molecule has 0 fully saturated rings. The second-order valence-corrected chi connectivity index (χ2v) is 2.08. The second-order valence-electron chi connectivity index (χ2n) is 2.08. The minimum absolute atomic E-state index is 0. The third-order valence-corrected chi connectivity index (χ3v) is 1.13. The maximum Gasteiger partial charge on any atom is 0 e. The molecule has 0 bridgehead atoms. The summed E-state index contributed by atoms with van der Waals surface area (Å²) in [5, 5.41) is 0. The van der Waals surface area contributed by atoms with E-state index in [1.165, 1.54) is 6.20 Å². The van der Waals surface area contributed by atoms with Gasteiger partial charge in [-0.2, -0.15) is 30.6 Å². The maximum atomic E-state index is 4.78. The largest absolute Gasteiger partial charge is 0.601 e. The van der Waals surface area contributed by atoms with Crippen LogP contribution < -0.4 is 0 Å². The summed E-state index contributed by atoms with van der Waals surface area (Å²) < 4.78 is 0. The number of hydrogen-bond donors (Lipinski definition) is 0. The molecule has 0 aliphatic carbocycles. The predicted molar refractivity (Wildman–Crippen MR) is 73.5 cm³/mol. The first-order valence-electron chi connectivity index (χ1n) is 4.09. The van der Waals surface area contributed by atoms with Gasteiger partial charge in [-0.3, -0.25) is 6.07 Å². The average Bonchev–Trinajstić information content (AvgIpc) is 2.22. The van der Waals surface area contributed by atoms with Crippen LogP contribution in [0.3, 0.4) is 0 Å². The Hall–Kier alpha value is 0.508. The van der Waals surface area contributed by atoms with Crippen molar-refractivity contribution in [3.05, 3.63) is 43.1 Å². The number of hydrogen-bond acceptors (Lipinski definition) is 2. The number of aliphatic imine (C=N–C) groups is 2. The standard InChI is InChI=1S/C8H7N.C4H5N.2CH4.2Y/c1-2-9-8-6-4-3-5-7-8;1-3-5-4-2;;;;/h3-6H,1H3;1,3H,2H3;2*1H4;;/q2*-2;;;;. The Morgan fingerprint density at radius 3 is 2.06 bits per heavy atom. The van der Waals surface area contributed by atoms with Gasteiger partial charge in [0.1, 0.15) is 0 Å². The Morgan fingerprint density at radius 1 is 1.17 bits per heavy atom. The summed E-state index contributed by atoms with van der Waals surface area (Å²) in [5.41, 5.74) is 0.833. The van der Waals surface area contributed by atoms with Crippen molar-refractivity contribution in [2.75, 3.05) is 0 Å². The van der Waals surface area contributed by atoms with Gasteiger partial charge in [0.05, 0.1) is 0 Å². The minimum Gasteiger partial charge on any atom is -0.601 e. The van der Waals surface area contributed by atoms with E-state index in [9.17, 15) is 0 Å². The van der Waals surface area contributed by atoms with Crippen molar-refractivity contribution in [3.8, 4) is 0 Å². The Bertz CT molecular complexity index is 296. The molecule has 1 aromatic carbocycles. The molecule has 1 aromatic rings. The molecule has 0 saturated carbocycles. The van der Waals surface area contributed by atoms with Crippen molar-refractivity contribution < 1.29 is 65.4 Å². The van der Waals surface area contributed by atoms with Gasteiger partial charge in [-0.05, 0) is 0 Å².